The van der Waals surface area contributed by atoms with E-state index in [0.717, 1.165) is 74.3 Å². The Morgan fingerprint density at radius 3 is 2.58 bits per heavy atom. The van der Waals surface area contributed by atoms with Crippen molar-refractivity contribution in [3.63, 3.8) is 0 Å². The minimum Gasteiger partial charge on any atom is -0.497 e. The number of benzene rings is 1. The summed E-state index contributed by atoms with van der Waals surface area (Å²) in [6.45, 7) is 3.80. The Bertz CT molecular complexity index is 902. The molecule has 3 aliphatic rings. The zero-order chi connectivity index (χ0) is 21.2. The molecule has 12 heteroatoms. The van der Waals surface area contributed by atoms with Crippen LogP contribution in [0, 0.1) is 0 Å². The first-order chi connectivity index (χ1) is 15.2. The van der Waals surface area contributed by atoms with Gasteiger partial charge >= 0.3 is 0 Å². The van der Waals surface area contributed by atoms with Gasteiger partial charge in [0.25, 0.3) is 0 Å². The first-order valence-corrected chi connectivity index (χ1v) is 12.1. The van der Waals surface area contributed by atoms with E-state index >= 15 is 0 Å². The Hall–Kier alpha value is -1.59. The number of hydrogen-bond acceptors (Lipinski definition) is 8. The van der Waals surface area contributed by atoms with Crippen LogP contribution in [0.1, 0.15) is 31.0 Å². The van der Waals surface area contributed by atoms with E-state index in [1.165, 1.54) is 0 Å². The molecule has 1 amide bonds. The number of nitrogens with one attached hydrogen (secondary N) is 1. The molecule has 0 aliphatic carbocycles. The molecular weight excluding hydrogens is 485 g/mol. The van der Waals surface area contributed by atoms with Crippen molar-refractivity contribution in [3.8, 4) is 11.4 Å². The molecule has 33 heavy (non-hydrogen) atoms. The van der Waals surface area contributed by atoms with Gasteiger partial charge in [0, 0.05) is 30.8 Å². The minimum absolute atomic E-state index is 0. The molecule has 0 spiro atoms. The number of halogens is 2. The average molecular weight is 516 g/mol. The highest BCUT2D eigenvalue weighted by Crippen LogP contribution is 2.30. The molecular formula is C21H31Cl2N7O2S. The molecule has 9 nitrogen and oxygen atoms in total. The summed E-state index contributed by atoms with van der Waals surface area (Å²) in [6.07, 6.45) is 2.96. The fourth-order valence-corrected chi connectivity index (χ4v) is 5.83. The van der Waals surface area contributed by atoms with Crippen molar-refractivity contribution in [1.29, 1.82) is 0 Å². The van der Waals surface area contributed by atoms with E-state index in [1.807, 2.05) is 45.6 Å². The van der Waals surface area contributed by atoms with Crippen LogP contribution in [0.25, 0.3) is 5.69 Å². The Morgan fingerprint density at radius 1 is 1.15 bits per heavy atom. The summed E-state index contributed by atoms with van der Waals surface area (Å²) < 4.78 is 7.10. The number of aromatic nitrogens is 4. The molecule has 1 N–H and O–H groups in total. The predicted octanol–water partition coefficient (Wildman–Crippen LogP) is 1.96. The number of methoxy groups -OCH3 is 1. The number of tetrazole rings is 1. The molecule has 0 unspecified atom stereocenters. The molecule has 182 valence electrons. The van der Waals surface area contributed by atoms with Crippen LogP contribution in [-0.4, -0.2) is 92.9 Å². The second kappa shape index (κ2) is 11.7. The van der Waals surface area contributed by atoms with Crippen LogP contribution in [0.2, 0.25) is 0 Å². The standard InChI is InChI=1S/C21H29N7O2S.2ClH/c1-30-18-4-2-16(3-5-18)28-20(23-24-25-28)15-6-8-26(9-7-15)17-12-19(22-13-17)21(29)27-10-11-31-14-27;;/h2-5,15,17,19,22H,6-14H2,1H3;2*1H/t17-,19-;;/m0../s1. The zero-order valence-corrected chi connectivity index (χ0v) is 21.1. The van der Waals surface area contributed by atoms with Gasteiger partial charge in [0.05, 0.1) is 24.7 Å². The lowest BCUT2D eigenvalue weighted by molar-refractivity contribution is -0.131. The lowest BCUT2D eigenvalue weighted by Gasteiger charge is -2.35. The summed E-state index contributed by atoms with van der Waals surface area (Å²) in [5, 5.41) is 16.0. The van der Waals surface area contributed by atoms with Crippen molar-refractivity contribution >= 4 is 42.5 Å². The monoisotopic (exact) mass is 515 g/mol. The van der Waals surface area contributed by atoms with E-state index in [2.05, 4.69) is 25.7 Å². The highest BCUT2D eigenvalue weighted by molar-refractivity contribution is 7.99. The number of thioether (sulfide) groups is 1. The Balaban J connectivity index is 0.00000153. The normalized spacial score (nSPS) is 23.7. The first kappa shape index (κ1) is 26.0. The molecule has 3 aliphatic heterocycles. The van der Waals surface area contributed by atoms with Crippen LogP contribution >= 0.6 is 36.6 Å². The maximum absolute atomic E-state index is 12.7. The molecule has 0 radical (unpaired) electrons. The fraction of sp³-hybridized carbons (Fsp3) is 0.619. The second-order valence-corrected chi connectivity index (χ2v) is 9.52. The van der Waals surface area contributed by atoms with Gasteiger partial charge in [-0.25, -0.2) is 0 Å². The SMILES string of the molecule is COc1ccc(-n2nnnc2C2CCN([C@@H]3CN[C@H](C(=O)N4CCSC4)C3)CC2)cc1.Cl.Cl. The van der Waals surface area contributed by atoms with E-state index in [-0.39, 0.29) is 36.8 Å². The van der Waals surface area contributed by atoms with Gasteiger partial charge in [-0.05, 0) is 67.0 Å². The summed E-state index contributed by atoms with van der Waals surface area (Å²) in [5.74, 6) is 4.26. The van der Waals surface area contributed by atoms with E-state index in [0.29, 0.717) is 12.0 Å². The highest BCUT2D eigenvalue weighted by atomic mass is 35.5. The van der Waals surface area contributed by atoms with Gasteiger partial charge in [-0.1, -0.05) is 0 Å². The van der Waals surface area contributed by atoms with Crippen molar-refractivity contribution in [1.82, 2.24) is 35.3 Å². The quantitative estimate of drug-likeness (QED) is 0.646. The van der Waals surface area contributed by atoms with Gasteiger partial charge in [-0.2, -0.15) is 4.68 Å². The topological polar surface area (TPSA) is 88.4 Å². The van der Waals surface area contributed by atoms with Crippen LogP contribution in [0.4, 0.5) is 0 Å². The Kier molecular flexibility index (Phi) is 9.23. The van der Waals surface area contributed by atoms with Crippen LogP contribution < -0.4 is 10.1 Å². The minimum atomic E-state index is -0.0243. The maximum atomic E-state index is 12.7. The van der Waals surface area contributed by atoms with Crippen LogP contribution in [-0.2, 0) is 4.79 Å². The molecule has 2 atom stereocenters. The second-order valence-electron chi connectivity index (χ2n) is 8.45. The fourth-order valence-electron chi connectivity index (χ4n) is 4.87. The van der Waals surface area contributed by atoms with Gasteiger partial charge in [-0.15, -0.1) is 41.7 Å². The molecule has 3 fully saturated rings. The van der Waals surface area contributed by atoms with E-state index in [4.69, 9.17) is 4.74 Å². The van der Waals surface area contributed by atoms with Crippen molar-refractivity contribution < 1.29 is 9.53 Å². The molecule has 0 bridgehead atoms. The summed E-state index contributed by atoms with van der Waals surface area (Å²) in [7, 11) is 1.66. The lowest BCUT2D eigenvalue weighted by Crippen LogP contribution is -2.42. The number of nitrogens with zero attached hydrogens (tertiary/aromatic N) is 6. The average Bonchev–Trinajstić information content (AvgIpc) is 3.60. The van der Waals surface area contributed by atoms with Crippen molar-refractivity contribution in [2.24, 2.45) is 0 Å². The number of rotatable bonds is 5. The van der Waals surface area contributed by atoms with Crippen molar-refractivity contribution in [2.45, 2.75) is 37.3 Å². The van der Waals surface area contributed by atoms with E-state index in [9.17, 15) is 4.79 Å². The third kappa shape index (κ3) is 5.57. The number of piperidine rings is 1. The van der Waals surface area contributed by atoms with E-state index < -0.39 is 0 Å². The molecule has 4 heterocycles. The van der Waals surface area contributed by atoms with Crippen LogP contribution in [0.15, 0.2) is 24.3 Å². The lowest BCUT2D eigenvalue weighted by atomic mass is 9.94. The third-order valence-electron chi connectivity index (χ3n) is 6.69. The molecule has 1 aromatic heterocycles. The number of carbonyl (C=O) groups is 1. The molecule has 3 saturated heterocycles. The molecule has 1 aromatic carbocycles. The summed E-state index contributed by atoms with van der Waals surface area (Å²) in [5.41, 5.74) is 0.949. The Labute approximate surface area is 210 Å². The molecule has 0 saturated carbocycles. The van der Waals surface area contributed by atoms with Crippen LogP contribution in [0.5, 0.6) is 5.75 Å². The van der Waals surface area contributed by atoms with Crippen molar-refractivity contribution in [2.75, 3.05) is 44.9 Å². The number of ether oxygens (including phenoxy) is 1. The largest absolute Gasteiger partial charge is 0.497 e. The zero-order valence-electron chi connectivity index (χ0n) is 18.6. The van der Waals surface area contributed by atoms with Gasteiger partial charge < -0.3 is 15.0 Å². The number of likely N-dealkylation sites (tertiary alicyclic amines) is 1. The number of amides is 1. The van der Waals surface area contributed by atoms with Gasteiger partial charge in [0.1, 0.15) is 5.75 Å². The van der Waals surface area contributed by atoms with Crippen LogP contribution in [0.3, 0.4) is 0 Å². The van der Waals surface area contributed by atoms with Gasteiger partial charge in [0.2, 0.25) is 5.91 Å². The highest BCUT2D eigenvalue weighted by Gasteiger charge is 2.37. The van der Waals surface area contributed by atoms with Crippen molar-refractivity contribution in [3.05, 3.63) is 30.1 Å². The summed E-state index contributed by atoms with van der Waals surface area (Å²) in [6, 6.07) is 8.22. The third-order valence-corrected chi connectivity index (χ3v) is 7.66. The molecule has 2 aromatic rings. The molecule has 5 rings (SSSR count). The Morgan fingerprint density at radius 2 is 1.91 bits per heavy atom. The summed E-state index contributed by atoms with van der Waals surface area (Å²) >= 11 is 1.84. The first-order valence-electron chi connectivity index (χ1n) is 11.0. The number of hydrogen-bond donors (Lipinski definition) is 1. The maximum Gasteiger partial charge on any atom is 0.240 e. The van der Waals surface area contributed by atoms with Gasteiger partial charge in [0.15, 0.2) is 5.82 Å². The summed E-state index contributed by atoms with van der Waals surface area (Å²) in [4.78, 5) is 17.2. The van der Waals surface area contributed by atoms with E-state index in [1.54, 1.807) is 7.11 Å². The predicted molar refractivity (Wildman–Crippen MR) is 133 cm³/mol. The van der Waals surface area contributed by atoms with Gasteiger partial charge in [-0.3, -0.25) is 9.69 Å². The number of carbonyl (C=O) groups excluding carboxylic acids is 1. The smallest absolute Gasteiger partial charge is 0.240 e.